The lowest BCUT2D eigenvalue weighted by atomic mass is 10.2. The van der Waals surface area contributed by atoms with Gasteiger partial charge in [0.1, 0.15) is 11.6 Å². The minimum absolute atomic E-state index is 0.686. The van der Waals surface area contributed by atoms with Crippen molar-refractivity contribution in [3.05, 3.63) is 18.2 Å². The molecule has 4 N–H and O–H groups in total. The first kappa shape index (κ1) is 10.8. The number of nitrogen functional groups attached to an aromatic ring is 1. The highest BCUT2D eigenvalue weighted by molar-refractivity contribution is 5.44. The molecule has 0 amide bonds. The summed E-state index contributed by atoms with van der Waals surface area (Å²) in [7, 11) is 0. The summed E-state index contributed by atoms with van der Waals surface area (Å²) in [5, 5.41) is 3.25. The number of nitrogens with two attached hydrogens (primary N) is 1. The highest BCUT2D eigenvalue weighted by Gasteiger charge is 1.94. The Kier molecular flexibility index (Phi) is 4.78. The van der Waals surface area contributed by atoms with Crippen LogP contribution in [0.2, 0.25) is 0 Å². The van der Waals surface area contributed by atoms with Crippen molar-refractivity contribution in [2.45, 2.75) is 26.2 Å². The number of pyridine rings is 1. The molecule has 78 valence electrons. The smallest absolute Gasteiger partial charge is 0.142 e. The molecule has 0 spiro atoms. The Bertz CT molecular complexity index is 262. The van der Waals surface area contributed by atoms with Gasteiger partial charge in [0.05, 0.1) is 0 Å². The summed E-state index contributed by atoms with van der Waals surface area (Å²) in [4.78, 5) is 4.24. The summed E-state index contributed by atoms with van der Waals surface area (Å²) < 4.78 is 0. The lowest BCUT2D eigenvalue weighted by molar-refractivity contribution is 0.742. The molecule has 1 heterocycles. The van der Waals surface area contributed by atoms with Gasteiger partial charge in [-0.2, -0.15) is 0 Å². The fourth-order valence-electron chi connectivity index (χ4n) is 1.21. The molecular formula is C10H18N4. The van der Waals surface area contributed by atoms with Crippen LogP contribution in [0.4, 0.5) is 11.6 Å². The first-order valence-electron chi connectivity index (χ1n) is 5.04. The molecule has 0 aliphatic carbocycles. The van der Waals surface area contributed by atoms with Crippen LogP contribution in [0, 0.1) is 0 Å². The summed E-state index contributed by atoms with van der Waals surface area (Å²) in [6.45, 7) is 3.16. The normalized spacial score (nSPS) is 9.86. The summed E-state index contributed by atoms with van der Waals surface area (Å²) >= 11 is 0. The van der Waals surface area contributed by atoms with Crippen LogP contribution in [0.25, 0.3) is 0 Å². The number of nitrogens with zero attached hydrogens (tertiary/aromatic N) is 1. The first-order valence-corrected chi connectivity index (χ1v) is 5.04. The van der Waals surface area contributed by atoms with E-state index in [-0.39, 0.29) is 0 Å². The third-order valence-corrected chi connectivity index (χ3v) is 1.98. The predicted octanol–water partition coefficient (Wildman–Crippen LogP) is 1.97. The van der Waals surface area contributed by atoms with Crippen LogP contribution in [0.5, 0.6) is 0 Å². The molecule has 0 unspecified atom stereocenters. The molecule has 0 radical (unpaired) electrons. The van der Waals surface area contributed by atoms with Crippen molar-refractivity contribution in [2.75, 3.05) is 17.3 Å². The van der Waals surface area contributed by atoms with Gasteiger partial charge in [0, 0.05) is 6.54 Å². The van der Waals surface area contributed by atoms with Gasteiger partial charge in [-0.3, -0.25) is 0 Å². The lowest BCUT2D eigenvalue weighted by Gasteiger charge is -2.06. The van der Waals surface area contributed by atoms with Gasteiger partial charge in [0.2, 0.25) is 0 Å². The number of hydrogen-bond acceptors (Lipinski definition) is 4. The van der Waals surface area contributed by atoms with E-state index < -0.39 is 0 Å². The van der Waals surface area contributed by atoms with Crippen LogP contribution in [0.15, 0.2) is 18.2 Å². The van der Waals surface area contributed by atoms with E-state index in [4.69, 9.17) is 5.84 Å². The zero-order chi connectivity index (χ0) is 10.2. The molecule has 0 fully saturated rings. The van der Waals surface area contributed by atoms with Gasteiger partial charge in [0.25, 0.3) is 0 Å². The van der Waals surface area contributed by atoms with E-state index >= 15 is 0 Å². The molecule has 0 aromatic carbocycles. The summed E-state index contributed by atoms with van der Waals surface area (Å²) in [5.41, 5.74) is 2.52. The zero-order valence-electron chi connectivity index (χ0n) is 8.59. The average molecular weight is 194 g/mol. The van der Waals surface area contributed by atoms with Crippen LogP contribution >= 0.6 is 0 Å². The molecule has 14 heavy (non-hydrogen) atoms. The highest BCUT2D eigenvalue weighted by Crippen LogP contribution is 2.07. The minimum Gasteiger partial charge on any atom is -0.370 e. The van der Waals surface area contributed by atoms with E-state index in [1.807, 2.05) is 18.2 Å². The minimum atomic E-state index is 0.686. The maximum atomic E-state index is 5.25. The Balaban J connectivity index is 2.34. The maximum Gasteiger partial charge on any atom is 0.142 e. The fraction of sp³-hybridized carbons (Fsp3) is 0.500. The van der Waals surface area contributed by atoms with Gasteiger partial charge < -0.3 is 10.7 Å². The van der Waals surface area contributed by atoms with Crippen molar-refractivity contribution in [1.29, 1.82) is 0 Å². The van der Waals surface area contributed by atoms with Gasteiger partial charge in [-0.15, -0.1) is 0 Å². The van der Waals surface area contributed by atoms with Crippen molar-refractivity contribution >= 4 is 11.6 Å². The van der Waals surface area contributed by atoms with E-state index in [2.05, 4.69) is 22.7 Å². The number of anilines is 2. The van der Waals surface area contributed by atoms with E-state index in [0.29, 0.717) is 5.82 Å². The number of unbranched alkanes of at least 4 members (excludes halogenated alkanes) is 2. The summed E-state index contributed by atoms with van der Waals surface area (Å²) in [5.74, 6) is 6.81. The second-order valence-electron chi connectivity index (χ2n) is 3.19. The molecule has 1 rings (SSSR count). The van der Waals surface area contributed by atoms with Crippen LogP contribution < -0.4 is 16.6 Å². The van der Waals surface area contributed by atoms with Crippen LogP contribution in [-0.4, -0.2) is 11.5 Å². The molecule has 0 aliphatic rings. The monoisotopic (exact) mass is 194 g/mol. The number of aromatic nitrogens is 1. The SMILES string of the molecule is CCCCCNc1cccc(NN)n1. The Morgan fingerprint density at radius 1 is 1.29 bits per heavy atom. The van der Waals surface area contributed by atoms with Gasteiger partial charge in [0.15, 0.2) is 0 Å². The van der Waals surface area contributed by atoms with Crippen molar-refractivity contribution in [1.82, 2.24) is 4.98 Å². The van der Waals surface area contributed by atoms with Crippen molar-refractivity contribution < 1.29 is 0 Å². The number of hydrazine groups is 1. The Morgan fingerprint density at radius 3 is 2.79 bits per heavy atom. The van der Waals surface area contributed by atoms with Crippen molar-refractivity contribution in [2.24, 2.45) is 5.84 Å². The standard InChI is InChI=1S/C10H18N4/c1-2-3-4-8-12-9-6-5-7-10(13-9)14-11/h5-7H,2-4,8,11H2,1H3,(H2,12,13,14). The van der Waals surface area contributed by atoms with Gasteiger partial charge >= 0.3 is 0 Å². The average Bonchev–Trinajstić information content (AvgIpc) is 2.25. The third-order valence-electron chi connectivity index (χ3n) is 1.98. The van der Waals surface area contributed by atoms with E-state index in [9.17, 15) is 0 Å². The highest BCUT2D eigenvalue weighted by atomic mass is 15.3. The number of hydrogen-bond donors (Lipinski definition) is 3. The molecule has 4 nitrogen and oxygen atoms in total. The molecule has 0 saturated heterocycles. The quantitative estimate of drug-likeness (QED) is 0.368. The molecule has 4 heteroatoms. The Morgan fingerprint density at radius 2 is 2.07 bits per heavy atom. The summed E-state index contributed by atoms with van der Waals surface area (Å²) in [6.07, 6.45) is 3.67. The van der Waals surface area contributed by atoms with Gasteiger partial charge in [-0.05, 0) is 18.6 Å². The van der Waals surface area contributed by atoms with Gasteiger partial charge in [-0.1, -0.05) is 25.8 Å². The fourth-order valence-corrected chi connectivity index (χ4v) is 1.21. The molecule has 1 aromatic rings. The third kappa shape index (κ3) is 3.62. The maximum absolute atomic E-state index is 5.25. The first-order chi connectivity index (χ1) is 6.86. The molecule has 0 atom stereocenters. The Hall–Kier alpha value is -1.29. The second-order valence-corrected chi connectivity index (χ2v) is 3.19. The second kappa shape index (κ2) is 6.21. The Labute approximate surface area is 84.9 Å². The number of nitrogens with one attached hydrogen (secondary N) is 2. The van der Waals surface area contributed by atoms with E-state index in [0.717, 1.165) is 12.4 Å². The molecule has 1 aromatic heterocycles. The lowest BCUT2D eigenvalue weighted by Crippen LogP contribution is -2.10. The van der Waals surface area contributed by atoms with Crippen LogP contribution in [-0.2, 0) is 0 Å². The molecule has 0 bridgehead atoms. The molecular weight excluding hydrogens is 176 g/mol. The van der Waals surface area contributed by atoms with Gasteiger partial charge in [-0.25, -0.2) is 10.8 Å². The van der Waals surface area contributed by atoms with Crippen LogP contribution in [0.1, 0.15) is 26.2 Å². The number of rotatable bonds is 6. The van der Waals surface area contributed by atoms with Crippen molar-refractivity contribution in [3.8, 4) is 0 Å². The van der Waals surface area contributed by atoms with Crippen LogP contribution in [0.3, 0.4) is 0 Å². The summed E-state index contributed by atoms with van der Waals surface area (Å²) in [6, 6.07) is 5.69. The van der Waals surface area contributed by atoms with Crippen molar-refractivity contribution in [3.63, 3.8) is 0 Å². The van der Waals surface area contributed by atoms with E-state index in [1.54, 1.807) is 0 Å². The predicted molar refractivity (Wildman–Crippen MR) is 60.1 cm³/mol. The molecule has 0 aliphatic heterocycles. The largest absolute Gasteiger partial charge is 0.370 e. The van der Waals surface area contributed by atoms with E-state index in [1.165, 1.54) is 19.3 Å². The zero-order valence-corrected chi connectivity index (χ0v) is 8.59. The molecule has 0 saturated carbocycles. The topological polar surface area (TPSA) is 63.0 Å².